The van der Waals surface area contributed by atoms with Gasteiger partial charge in [0, 0.05) is 21.0 Å². The van der Waals surface area contributed by atoms with Crippen LogP contribution in [0.5, 0.6) is 0 Å². The van der Waals surface area contributed by atoms with Crippen molar-refractivity contribution in [3.05, 3.63) is 81.6 Å². The van der Waals surface area contributed by atoms with Gasteiger partial charge in [-0.1, -0.05) is 59.6 Å². The summed E-state index contributed by atoms with van der Waals surface area (Å²) in [4.78, 5) is 0. The van der Waals surface area contributed by atoms with Gasteiger partial charge in [0.25, 0.3) is 0 Å². The van der Waals surface area contributed by atoms with Crippen molar-refractivity contribution >= 4 is 34.0 Å². The smallest absolute Gasteiger partial charge is 0.130 e. The summed E-state index contributed by atoms with van der Waals surface area (Å²) < 4.78 is 14.0. The Morgan fingerprint density at radius 3 is 2.24 bits per heavy atom. The van der Waals surface area contributed by atoms with Gasteiger partial charge in [-0.2, -0.15) is 0 Å². The molecule has 4 heteroatoms. The zero-order valence-corrected chi connectivity index (χ0v) is 12.4. The Kier molecular flexibility index (Phi) is 3.85. The van der Waals surface area contributed by atoms with Crippen molar-refractivity contribution in [2.75, 3.05) is 0 Å². The van der Waals surface area contributed by atoms with Crippen molar-refractivity contribution in [1.29, 1.82) is 0 Å². The van der Waals surface area contributed by atoms with Crippen LogP contribution in [-0.2, 0) is 0 Å². The fraction of sp³-hybridized carbons (Fsp3) is 0.0588. The number of rotatable bonds is 2. The fourth-order valence-corrected chi connectivity index (χ4v) is 2.95. The predicted molar refractivity (Wildman–Crippen MR) is 84.4 cm³/mol. The Hall–Kier alpha value is -1.61. The van der Waals surface area contributed by atoms with E-state index >= 15 is 0 Å². The first-order chi connectivity index (χ1) is 10.1. The first-order valence-electron chi connectivity index (χ1n) is 6.38. The molecular weight excluding hydrogens is 310 g/mol. The zero-order chi connectivity index (χ0) is 15.0. The lowest BCUT2D eigenvalue weighted by Gasteiger charge is -2.16. The van der Waals surface area contributed by atoms with E-state index in [2.05, 4.69) is 0 Å². The molecule has 0 aliphatic rings. The second-order valence-electron chi connectivity index (χ2n) is 4.72. The number of fused-ring (bicyclic) bond motifs is 1. The normalized spacial score (nSPS) is 12.6. The van der Waals surface area contributed by atoms with Crippen LogP contribution >= 0.6 is 23.2 Å². The highest BCUT2D eigenvalue weighted by Gasteiger charge is 2.20. The van der Waals surface area contributed by atoms with Crippen LogP contribution in [0.3, 0.4) is 0 Å². The molecular formula is C17H11Cl2FO. The van der Waals surface area contributed by atoms with Gasteiger partial charge in [-0.15, -0.1) is 0 Å². The lowest BCUT2D eigenvalue weighted by Crippen LogP contribution is -2.04. The van der Waals surface area contributed by atoms with Gasteiger partial charge in [0.1, 0.15) is 11.9 Å². The topological polar surface area (TPSA) is 20.2 Å². The molecule has 0 aromatic heterocycles. The third-order valence-corrected chi connectivity index (χ3v) is 4.13. The third-order valence-electron chi connectivity index (χ3n) is 3.47. The summed E-state index contributed by atoms with van der Waals surface area (Å²) in [6, 6.07) is 15.1. The number of aliphatic hydroxyl groups excluding tert-OH is 1. The molecule has 21 heavy (non-hydrogen) atoms. The molecule has 0 radical (unpaired) electrons. The first kappa shape index (κ1) is 14.3. The first-order valence-corrected chi connectivity index (χ1v) is 7.14. The lowest BCUT2D eigenvalue weighted by molar-refractivity contribution is 0.216. The average Bonchev–Trinajstić information content (AvgIpc) is 2.47. The van der Waals surface area contributed by atoms with E-state index in [1.807, 2.05) is 24.3 Å². The number of aliphatic hydroxyl groups is 1. The van der Waals surface area contributed by atoms with Crippen LogP contribution in [0.2, 0.25) is 10.0 Å². The van der Waals surface area contributed by atoms with E-state index in [0.29, 0.717) is 10.6 Å². The molecule has 0 fully saturated rings. The van der Waals surface area contributed by atoms with Gasteiger partial charge in [0.15, 0.2) is 0 Å². The lowest BCUT2D eigenvalue weighted by atomic mass is 9.95. The highest BCUT2D eigenvalue weighted by Crippen LogP contribution is 2.36. The van der Waals surface area contributed by atoms with Crippen LogP contribution in [0.4, 0.5) is 4.39 Å². The average molecular weight is 321 g/mol. The molecule has 0 amide bonds. The van der Waals surface area contributed by atoms with Crippen LogP contribution in [-0.4, -0.2) is 5.11 Å². The highest BCUT2D eigenvalue weighted by molar-refractivity contribution is 6.35. The van der Waals surface area contributed by atoms with Crippen LogP contribution in [0.1, 0.15) is 17.2 Å². The van der Waals surface area contributed by atoms with Crippen molar-refractivity contribution in [2.45, 2.75) is 6.10 Å². The van der Waals surface area contributed by atoms with Crippen LogP contribution in [0.15, 0.2) is 54.6 Å². The van der Waals surface area contributed by atoms with E-state index in [1.165, 1.54) is 12.1 Å². The minimum atomic E-state index is -1.15. The van der Waals surface area contributed by atoms with Gasteiger partial charge in [-0.05, 0) is 29.1 Å². The number of benzene rings is 3. The fourth-order valence-electron chi connectivity index (χ4n) is 2.45. The van der Waals surface area contributed by atoms with Crippen molar-refractivity contribution in [2.24, 2.45) is 0 Å². The quantitative estimate of drug-likeness (QED) is 0.673. The second kappa shape index (κ2) is 5.64. The van der Waals surface area contributed by atoms with Crippen molar-refractivity contribution in [1.82, 2.24) is 0 Å². The van der Waals surface area contributed by atoms with E-state index < -0.39 is 11.9 Å². The molecule has 0 heterocycles. The molecule has 0 aliphatic heterocycles. The van der Waals surface area contributed by atoms with Gasteiger partial charge < -0.3 is 5.11 Å². The molecule has 1 nitrogen and oxygen atoms in total. The summed E-state index contributed by atoms with van der Waals surface area (Å²) >= 11 is 12.2. The van der Waals surface area contributed by atoms with Gasteiger partial charge in [-0.25, -0.2) is 4.39 Å². The van der Waals surface area contributed by atoms with Gasteiger partial charge in [0.05, 0.1) is 0 Å². The van der Waals surface area contributed by atoms with E-state index in [0.717, 1.165) is 10.8 Å². The summed E-state index contributed by atoms with van der Waals surface area (Å²) in [6.45, 7) is 0. The Bertz CT molecular complexity index is 797. The van der Waals surface area contributed by atoms with E-state index in [1.54, 1.807) is 18.2 Å². The zero-order valence-electron chi connectivity index (χ0n) is 10.9. The van der Waals surface area contributed by atoms with Gasteiger partial charge in [0.2, 0.25) is 0 Å². The molecule has 3 aromatic rings. The Morgan fingerprint density at radius 1 is 0.810 bits per heavy atom. The number of hydrogen-bond acceptors (Lipinski definition) is 1. The van der Waals surface area contributed by atoms with Gasteiger partial charge >= 0.3 is 0 Å². The largest absolute Gasteiger partial charge is 0.383 e. The Morgan fingerprint density at radius 2 is 1.52 bits per heavy atom. The summed E-state index contributed by atoms with van der Waals surface area (Å²) in [5, 5.41) is 12.9. The van der Waals surface area contributed by atoms with Crippen molar-refractivity contribution in [3.8, 4) is 0 Å². The minimum Gasteiger partial charge on any atom is -0.383 e. The molecule has 0 aliphatic carbocycles. The summed E-state index contributed by atoms with van der Waals surface area (Å²) in [7, 11) is 0. The Labute approximate surface area is 131 Å². The SMILES string of the molecule is OC(c1c(F)cccc1Cl)c1ccc(Cl)c2ccccc12. The number of halogens is 3. The summed E-state index contributed by atoms with van der Waals surface area (Å²) in [6.07, 6.45) is -1.15. The Balaban J connectivity index is 2.23. The van der Waals surface area contributed by atoms with E-state index in [-0.39, 0.29) is 10.6 Å². The monoisotopic (exact) mass is 320 g/mol. The minimum absolute atomic E-state index is 0.0756. The molecule has 0 spiro atoms. The van der Waals surface area contributed by atoms with Crippen LogP contribution in [0, 0.1) is 5.82 Å². The second-order valence-corrected chi connectivity index (χ2v) is 5.53. The standard InChI is InChI=1S/C17H11Cl2FO/c18-13-9-8-12(10-4-1-2-5-11(10)13)17(21)16-14(19)6-3-7-15(16)20/h1-9,17,21H. The molecule has 3 aromatic carbocycles. The van der Waals surface area contributed by atoms with Crippen molar-refractivity contribution < 1.29 is 9.50 Å². The summed E-state index contributed by atoms with van der Waals surface area (Å²) in [5.41, 5.74) is 0.647. The maximum absolute atomic E-state index is 14.0. The predicted octanol–water partition coefficient (Wildman–Crippen LogP) is 5.37. The van der Waals surface area contributed by atoms with Crippen LogP contribution < -0.4 is 0 Å². The highest BCUT2D eigenvalue weighted by atomic mass is 35.5. The molecule has 1 unspecified atom stereocenters. The van der Waals surface area contributed by atoms with Crippen molar-refractivity contribution in [3.63, 3.8) is 0 Å². The molecule has 0 bridgehead atoms. The third kappa shape index (κ3) is 2.51. The maximum Gasteiger partial charge on any atom is 0.130 e. The molecule has 0 saturated heterocycles. The van der Waals surface area contributed by atoms with Gasteiger partial charge in [-0.3, -0.25) is 0 Å². The molecule has 0 saturated carbocycles. The molecule has 3 rings (SSSR count). The molecule has 1 N–H and O–H groups in total. The maximum atomic E-state index is 14.0. The van der Waals surface area contributed by atoms with Crippen LogP contribution in [0.25, 0.3) is 10.8 Å². The molecule has 1 atom stereocenters. The molecule has 106 valence electrons. The van der Waals surface area contributed by atoms with E-state index in [9.17, 15) is 9.50 Å². The number of hydrogen-bond donors (Lipinski definition) is 1. The summed E-state index contributed by atoms with van der Waals surface area (Å²) in [5.74, 6) is -0.533. The van der Waals surface area contributed by atoms with E-state index in [4.69, 9.17) is 23.2 Å².